The fourth-order valence-corrected chi connectivity index (χ4v) is 2.43. The van der Waals surface area contributed by atoms with Gasteiger partial charge in [-0.25, -0.2) is 9.37 Å². The third kappa shape index (κ3) is 2.56. The van der Waals surface area contributed by atoms with Crippen molar-refractivity contribution in [2.45, 2.75) is 32.5 Å². The van der Waals surface area contributed by atoms with E-state index in [0.717, 1.165) is 12.0 Å². The van der Waals surface area contributed by atoms with Crippen LogP contribution in [-0.2, 0) is 13.0 Å². The van der Waals surface area contributed by atoms with Crippen LogP contribution in [0.2, 0.25) is 0 Å². The highest BCUT2D eigenvalue weighted by molar-refractivity contribution is 5.51. The molecule has 4 nitrogen and oxygen atoms in total. The minimum atomic E-state index is -0.658. The van der Waals surface area contributed by atoms with E-state index in [1.807, 2.05) is 26.0 Å². The van der Waals surface area contributed by atoms with Crippen LogP contribution in [0.25, 0.3) is 0 Å². The van der Waals surface area contributed by atoms with Crippen molar-refractivity contribution in [2.24, 2.45) is 0 Å². The molecular formula is C16H16FNO3. The molecule has 1 aromatic heterocycles. The van der Waals surface area contributed by atoms with Gasteiger partial charge >= 0.3 is 0 Å². The van der Waals surface area contributed by atoms with Crippen LogP contribution in [0.4, 0.5) is 4.39 Å². The maximum atomic E-state index is 14.1. The summed E-state index contributed by atoms with van der Waals surface area (Å²) < 4.78 is 25.5. The molecule has 2 aromatic rings. The number of rotatable bonds is 3. The lowest BCUT2D eigenvalue weighted by Gasteiger charge is -2.18. The van der Waals surface area contributed by atoms with Crippen LogP contribution in [0, 0.1) is 5.82 Å². The second-order valence-corrected chi connectivity index (χ2v) is 5.63. The van der Waals surface area contributed by atoms with Gasteiger partial charge in [0.1, 0.15) is 5.60 Å². The number of hydrogen-bond donors (Lipinski definition) is 1. The van der Waals surface area contributed by atoms with E-state index in [1.165, 1.54) is 12.3 Å². The minimum absolute atomic E-state index is 0.147. The monoisotopic (exact) mass is 289 g/mol. The Morgan fingerprint density at radius 3 is 2.95 bits per heavy atom. The Morgan fingerprint density at radius 1 is 1.38 bits per heavy atom. The number of benzene rings is 1. The molecule has 0 saturated carbocycles. The van der Waals surface area contributed by atoms with E-state index < -0.39 is 12.4 Å². The zero-order chi connectivity index (χ0) is 15.0. The van der Waals surface area contributed by atoms with Crippen molar-refractivity contribution in [3.63, 3.8) is 0 Å². The van der Waals surface area contributed by atoms with Gasteiger partial charge in [0, 0.05) is 23.7 Å². The van der Waals surface area contributed by atoms with Crippen molar-refractivity contribution in [2.75, 3.05) is 0 Å². The van der Waals surface area contributed by atoms with Gasteiger partial charge in [0.25, 0.3) is 5.88 Å². The molecule has 3 rings (SSSR count). The Morgan fingerprint density at radius 2 is 2.19 bits per heavy atom. The molecule has 0 radical (unpaired) electrons. The number of hydrogen-bond acceptors (Lipinski definition) is 4. The largest absolute Gasteiger partial charge is 0.483 e. The molecule has 0 spiro atoms. The van der Waals surface area contributed by atoms with Gasteiger partial charge in [0.15, 0.2) is 17.3 Å². The second-order valence-electron chi connectivity index (χ2n) is 5.63. The normalized spacial score (nSPS) is 15.4. The van der Waals surface area contributed by atoms with Crippen LogP contribution < -0.4 is 9.47 Å². The van der Waals surface area contributed by atoms with Crippen LogP contribution in [0.15, 0.2) is 30.5 Å². The summed E-state index contributed by atoms with van der Waals surface area (Å²) in [7, 11) is 0. The Balaban J connectivity index is 1.96. The van der Waals surface area contributed by atoms with Gasteiger partial charge < -0.3 is 14.6 Å². The number of aliphatic hydroxyl groups excluding tert-OH is 1. The molecular weight excluding hydrogens is 273 g/mol. The SMILES string of the molecule is CC1(C)Cc2cccc(Oc3nccc(CO)c3F)c2O1. The highest BCUT2D eigenvalue weighted by Crippen LogP contribution is 2.43. The van der Waals surface area contributed by atoms with Crippen LogP contribution in [-0.4, -0.2) is 15.7 Å². The number of aromatic nitrogens is 1. The summed E-state index contributed by atoms with van der Waals surface area (Å²) in [6.07, 6.45) is 2.17. The summed E-state index contributed by atoms with van der Waals surface area (Å²) in [6, 6.07) is 6.93. The first-order chi connectivity index (χ1) is 10.00. The lowest BCUT2D eigenvalue weighted by Crippen LogP contribution is -2.24. The number of fused-ring (bicyclic) bond motifs is 1. The predicted molar refractivity (Wildman–Crippen MR) is 75.0 cm³/mol. The van der Waals surface area contributed by atoms with Gasteiger partial charge in [0.2, 0.25) is 0 Å². The Labute approximate surface area is 122 Å². The third-order valence-electron chi connectivity index (χ3n) is 3.37. The van der Waals surface area contributed by atoms with Crippen molar-refractivity contribution >= 4 is 0 Å². The molecule has 0 bridgehead atoms. The zero-order valence-electron chi connectivity index (χ0n) is 11.9. The first kappa shape index (κ1) is 13.8. The molecule has 0 atom stereocenters. The summed E-state index contributed by atoms with van der Waals surface area (Å²) in [5.74, 6) is 0.232. The molecule has 2 heterocycles. The van der Waals surface area contributed by atoms with Crippen molar-refractivity contribution in [3.8, 4) is 17.4 Å². The second kappa shape index (κ2) is 5.00. The van der Waals surface area contributed by atoms with Crippen molar-refractivity contribution in [1.82, 2.24) is 4.98 Å². The molecule has 0 saturated heterocycles. The maximum Gasteiger partial charge on any atom is 0.256 e. The fourth-order valence-electron chi connectivity index (χ4n) is 2.43. The number of halogens is 1. The van der Waals surface area contributed by atoms with Gasteiger partial charge in [-0.3, -0.25) is 0 Å². The van der Waals surface area contributed by atoms with Crippen molar-refractivity contribution in [1.29, 1.82) is 0 Å². The van der Waals surface area contributed by atoms with Gasteiger partial charge in [-0.05, 0) is 26.0 Å². The molecule has 1 aliphatic rings. The van der Waals surface area contributed by atoms with E-state index in [9.17, 15) is 4.39 Å². The molecule has 0 amide bonds. The van der Waals surface area contributed by atoms with Crippen molar-refractivity contribution in [3.05, 3.63) is 47.4 Å². The molecule has 1 aliphatic heterocycles. The van der Waals surface area contributed by atoms with E-state index in [1.54, 1.807) is 6.07 Å². The summed E-state index contributed by atoms with van der Waals surface area (Å²) in [6.45, 7) is 3.57. The van der Waals surface area contributed by atoms with Gasteiger partial charge in [0.05, 0.1) is 6.61 Å². The molecule has 1 N–H and O–H groups in total. The molecule has 0 aliphatic carbocycles. The van der Waals surface area contributed by atoms with Gasteiger partial charge in [-0.15, -0.1) is 0 Å². The van der Waals surface area contributed by atoms with Crippen LogP contribution >= 0.6 is 0 Å². The standard InChI is InChI=1S/C16H16FNO3/c1-16(2)8-10-4-3-5-12(14(10)21-16)20-15-13(17)11(9-19)6-7-18-15/h3-7,19H,8-9H2,1-2H3. The smallest absolute Gasteiger partial charge is 0.256 e. The van der Waals surface area contributed by atoms with E-state index in [-0.39, 0.29) is 17.0 Å². The molecule has 0 unspecified atom stereocenters. The molecule has 5 heteroatoms. The van der Waals surface area contributed by atoms with E-state index in [4.69, 9.17) is 14.6 Å². The van der Waals surface area contributed by atoms with Crippen LogP contribution in [0.1, 0.15) is 25.0 Å². The topological polar surface area (TPSA) is 51.6 Å². The Kier molecular flexibility index (Phi) is 3.29. The Bertz CT molecular complexity index is 685. The molecule has 21 heavy (non-hydrogen) atoms. The quantitative estimate of drug-likeness (QED) is 0.942. The number of para-hydroxylation sites is 1. The summed E-state index contributed by atoms with van der Waals surface area (Å²) >= 11 is 0. The third-order valence-corrected chi connectivity index (χ3v) is 3.37. The highest BCUT2D eigenvalue weighted by Gasteiger charge is 2.32. The first-order valence-corrected chi connectivity index (χ1v) is 6.73. The number of nitrogens with zero attached hydrogens (tertiary/aromatic N) is 1. The summed E-state index contributed by atoms with van der Waals surface area (Å²) in [4.78, 5) is 3.88. The van der Waals surface area contributed by atoms with Gasteiger partial charge in [-0.1, -0.05) is 12.1 Å². The maximum absolute atomic E-state index is 14.1. The fraction of sp³-hybridized carbons (Fsp3) is 0.312. The first-order valence-electron chi connectivity index (χ1n) is 6.73. The Hall–Kier alpha value is -2.14. The lowest BCUT2D eigenvalue weighted by molar-refractivity contribution is 0.134. The van der Waals surface area contributed by atoms with E-state index in [2.05, 4.69) is 4.98 Å². The number of aliphatic hydroxyl groups is 1. The minimum Gasteiger partial charge on any atom is -0.483 e. The lowest BCUT2D eigenvalue weighted by atomic mass is 10.0. The molecule has 0 fully saturated rings. The molecule has 1 aromatic carbocycles. The number of ether oxygens (including phenoxy) is 2. The summed E-state index contributed by atoms with van der Waals surface area (Å²) in [5, 5.41) is 9.08. The van der Waals surface area contributed by atoms with E-state index >= 15 is 0 Å². The average Bonchev–Trinajstić information content (AvgIpc) is 2.76. The van der Waals surface area contributed by atoms with Crippen molar-refractivity contribution < 1.29 is 19.0 Å². The van der Waals surface area contributed by atoms with Crippen LogP contribution in [0.5, 0.6) is 17.4 Å². The van der Waals surface area contributed by atoms with Crippen LogP contribution in [0.3, 0.4) is 0 Å². The van der Waals surface area contributed by atoms with E-state index in [0.29, 0.717) is 11.5 Å². The zero-order valence-corrected chi connectivity index (χ0v) is 11.9. The average molecular weight is 289 g/mol. The highest BCUT2D eigenvalue weighted by atomic mass is 19.1. The predicted octanol–water partition coefficient (Wildman–Crippen LogP) is 3.22. The van der Waals surface area contributed by atoms with Gasteiger partial charge in [-0.2, -0.15) is 0 Å². The molecule has 110 valence electrons. The summed E-state index contributed by atoms with van der Waals surface area (Å²) in [5.41, 5.74) is 0.866. The number of pyridine rings is 1.